The summed E-state index contributed by atoms with van der Waals surface area (Å²) >= 11 is 0. The molecule has 5 N–H and O–H groups in total. The van der Waals surface area contributed by atoms with E-state index in [4.69, 9.17) is 27.0 Å². The van der Waals surface area contributed by atoms with E-state index in [1.54, 1.807) is 19.9 Å². The number of rotatable bonds is 10. The largest absolute Gasteiger partial charge is 0.463 e. The van der Waals surface area contributed by atoms with Crippen molar-refractivity contribution in [2.24, 2.45) is 5.92 Å². The number of halogens is 2. The molecule has 1 saturated heterocycles. The number of para-hydroxylation sites is 1. The molecular weight excluding hydrogens is 593 g/mol. The van der Waals surface area contributed by atoms with Crippen molar-refractivity contribution in [2.75, 3.05) is 25.1 Å². The summed E-state index contributed by atoms with van der Waals surface area (Å²) in [6, 6.07) is 7.51. The third-order valence-corrected chi connectivity index (χ3v) is 8.07. The zero-order valence-electron chi connectivity index (χ0n) is 25.2. The predicted octanol–water partition coefficient (Wildman–Crippen LogP) is 2.28. The van der Waals surface area contributed by atoms with Crippen LogP contribution in [-0.2, 0) is 23.4 Å². The predicted molar refractivity (Wildman–Crippen MR) is 149 cm³/mol. The highest BCUT2D eigenvalue weighted by atomic mass is 31.2. The van der Waals surface area contributed by atoms with Crippen molar-refractivity contribution in [3.8, 4) is 17.6 Å². The number of hydrogen-bond acceptors (Lipinski definition) is 11. The first-order valence-corrected chi connectivity index (χ1v) is 14.7. The van der Waals surface area contributed by atoms with E-state index in [1.165, 1.54) is 31.2 Å². The molecular formula is C27H31F2N4O9P. The maximum Gasteiger partial charge on any atom is 0.380 e. The van der Waals surface area contributed by atoms with Crippen molar-refractivity contribution < 1.29 is 49.6 Å². The molecule has 4 rings (SSSR count). The number of nitrogens with one attached hydrogen (secondary N) is 1. The normalized spacial score (nSPS) is 24.9. The Hall–Kier alpha value is -3.80. The number of carbonyl (C=O) groups excluding carboxylic acids is 1. The van der Waals surface area contributed by atoms with Crippen LogP contribution in [0, 0.1) is 23.6 Å². The van der Waals surface area contributed by atoms with E-state index in [0.717, 1.165) is 4.57 Å². The Bertz CT molecular complexity index is 1730. The van der Waals surface area contributed by atoms with Gasteiger partial charge in [-0.25, -0.2) is 13.3 Å². The van der Waals surface area contributed by atoms with E-state index in [-0.39, 0.29) is 5.75 Å². The molecule has 13 nitrogen and oxygen atoms in total. The summed E-state index contributed by atoms with van der Waals surface area (Å²) < 4.78 is 81.9. The number of anilines is 1. The summed E-state index contributed by atoms with van der Waals surface area (Å²) in [6.07, 6.45) is -7.21. The van der Waals surface area contributed by atoms with Crippen LogP contribution in [0.25, 0.3) is 11.0 Å². The van der Waals surface area contributed by atoms with Crippen LogP contribution in [0.15, 0.2) is 41.3 Å². The lowest BCUT2D eigenvalue weighted by Gasteiger charge is -2.27. The minimum atomic E-state index is -4.68. The summed E-state index contributed by atoms with van der Waals surface area (Å²) in [4.78, 5) is 30.8. The fraction of sp³-hybridized carbons (Fsp3) is 0.444. The molecule has 1 aromatic carbocycles. The number of hydrogen-bond donors (Lipinski definition) is 4. The lowest BCUT2D eigenvalue weighted by atomic mass is 9.94. The second kappa shape index (κ2) is 12.8. The topological polar surface area (TPSA) is 188 Å². The molecule has 43 heavy (non-hydrogen) atoms. The van der Waals surface area contributed by atoms with Gasteiger partial charge in [0, 0.05) is 6.20 Å². The summed E-state index contributed by atoms with van der Waals surface area (Å²) in [5, 5.41) is 22.1. The Labute approximate surface area is 247 Å². The first-order valence-electron chi connectivity index (χ1n) is 13.9. The second-order valence-corrected chi connectivity index (χ2v) is 11.9. The van der Waals surface area contributed by atoms with Crippen molar-refractivity contribution in [2.45, 2.75) is 50.9 Å². The maximum atomic E-state index is 14.9. The summed E-state index contributed by atoms with van der Waals surface area (Å²) in [7, 11) is -4.68. The zero-order chi connectivity index (χ0) is 33.3. The van der Waals surface area contributed by atoms with Crippen LogP contribution >= 0.6 is 7.60 Å². The molecule has 0 bridgehead atoms. The number of alkyl halides is 1. The van der Waals surface area contributed by atoms with E-state index in [2.05, 4.69) is 15.9 Å². The van der Waals surface area contributed by atoms with Gasteiger partial charge in [0.1, 0.15) is 30.0 Å². The summed E-state index contributed by atoms with van der Waals surface area (Å²) in [5.41, 5.74) is 1.25. The number of aliphatic hydroxyl groups excluding tert-OH is 1. The Kier molecular flexibility index (Phi) is 8.73. The summed E-state index contributed by atoms with van der Waals surface area (Å²) in [6.45, 7) is -0.0501. The Morgan fingerprint density at radius 2 is 2.07 bits per heavy atom. The van der Waals surface area contributed by atoms with E-state index in [9.17, 15) is 33.1 Å². The van der Waals surface area contributed by atoms with Crippen LogP contribution in [0.3, 0.4) is 0 Å². The standard InChI is InChI=1S/C27H31F2N4O9P/c1-15(2)40-24(36)16(3)14-43(38,42-17-8-5-4-6-9-17)39-13-19-21(34)27(37,10-7-11-28)25(41-19)33-12-18(29)20-22(33)31-26(30)32-23(20)35/h4-6,8-9,12,15-16,19,21,25,34,37H,11,13-14H2,1-3H3,(H3,30,31,32,35)/t16-,19-,21+,25-,27?,43+/m1/s1/i13D2. The molecule has 3 aromatic rings. The molecule has 1 aliphatic rings. The number of fused-ring (bicyclic) bond motifs is 1. The SMILES string of the molecule is [2H]C([2H])(O[P@@](=O)(C[C@@H](C)C(=O)OC(C)C)Oc1ccccc1)[C@H]1O[C@@H](n2cc(F)c3c(=O)[nH]c(N)nc32)C(O)(C#CCF)[C@H]1O. The number of esters is 1. The highest BCUT2D eigenvalue weighted by Gasteiger charge is 2.57. The van der Waals surface area contributed by atoms with Gasteiger partial charge in [-0.1, -0.05) is 37.0 Å². The number of carbonyl (C=O) groups is 1. The number of aliphatic hydroxyl groups is 2. The number of ether oxygens (including phenoxy) is 2. The van der Waals surface area contributed by atoms with Crippen LogP contribution in [0.4, 0.5) is 14.7 Å². The average molecular weight is 627 g/mol. The minimum Gasteiger partial charge on any atom is -0.463 e. The highest BCUT2D eigenvalue weighted by Crippen LogP contribution is 2.51. The zero-order valence-corrected chi connectivity index (χ0v) is 24.1. The number of H-pyrrole nitrogens is 1. The van der Waals surface area contributed by atoms with E-state index >= 15 is 0 Å². The number of aromatic nitrogens is 3. The molecule has 232 valence electrons. The van der Waals surface area contributed by atoms with Gasteiger partial charge in [-0.05, 0) is 26.0 Å². The van der Waals surface area contributed by atoms with Gasteiger partial charge < -0.3 is 29.9 Å². The maximum absolute atomic E-state index is 14.9. The monoisotopic (exact) mass is 626 g/mol. The van der Waals surface area contributed by atoms with Gasteiger partial charge in [0.15, 0.2) is 23.3 Å². The van der Waals surface area contributed by atoms with Crippen LogP contribution in [0.5, 0.6) is 5.75 Å². The van der Waals surface area contributed by atoms with Crippen molar-refractivity contribution >= 4 is 30.5 Å². The van der Waals surface area contributed by atoms with E-state index in [0.29, 0.717) is 6.20 Å². The Morgan fingerprint density at radius 3 is 2.72 bits per heavy atom. The lowest BCUT2D eigenvalue weighted by molar-refractivity contribution is -0.151. The third kappa shape index (κ3) is 6.90. The van der Waals surface area contributed by atoms with Crippen LogP contribution in [-0.4, -0.2) is 74.0 Å². The van der Waals surface area contributed by atoms with Gasteiger partial charge in [-0.3, -0.25) is 23.7 Å². The molecule has 1 aliphatic heterocycles. The molecule has 1 unspecified atom stereocenters. The van der Waals surface area contributed by atoms with Gasteiger partial charge in [-0.15, -0.1) is 0 Å². The minimum absolute atomic E-state index is 0.0136. The lowest BCUT2D eigenvalue weighted by Crippen LogP contribution is -2.46. The third-order valence-electron chi connectivity index (χ3n) is 6.20. The number of nitrogens with zero attached hydrogens (tertiary/aromatic N) is 2. The van der Waals surface area contributed by atoms with Gasteiger partial charge >= 0.3 is 13.6 Å². The molecule has 0 amide bonds. The Morgan fingerprint density at radius 1 is 1.37 bits per heavy atom. The fourth-order valence-electron chi connectivity index (χ4n) is 4.31. The molecule has 0 spiro atoms. The molecule has 2 aromatic heterocycles. The first kappa shape index (κ1) is 29.3. The summed E-state index contributed by atoms with van der Waals surface area (Å²) in [5.74, 6) is 0.465. The molecule has 0 radical (unpaired) electrons. The van der Waals surface area contributed by atoms with E-state index < -0.39 is 97.4 Å². The molecule has 6 atom stereocenters. The van der Waals surface area contributed by atoms with Crippen LogP contribution < -0.4 is 15.8 Å². The second-order valence-electron chi connectivity index (χ2n) is 9.94. The van der Waals surface area contributed by atoms with Crippen molar-refractivity contribution in [1.82, 2.24) is 14.5 Å². The van der Waals surface area contributed by atoms with Crippen molar-refractivity contribution in [1.29, 1.82) is 0 Å². The van der Waals surface area contributed by atoms with Gasteiger partial charge in [-0.2, -0.15) is 4.98 Å². The van der Waals surface area contributed by atoms with Crippen molar-refractivity contribution in [3.63, 3.8) is 0 Å². The fourth-order valence-corrected chi connectivity index (χ4v) is 6.02. The molecule has 0 aliphatic carbocycles. The average Bonchev–Trinajstić information content (AvgIpc) is 3.40. The van der Waals surface area contributed by atoms with Crippen LogP contribution in [0.1, 0.15) is 29.7 Å². The number of nitrogen functional groups attached to an aromatic ring is 1. The molecule has 1 fully saturated rings. The number of nitrogens with two attached hydrogens (primary N) is 1. The molecule has 3 heterocycles. The van der Waals surface area contributed by atoms with Gasteiger partial charge in [0.05, 0.1) is 27.5 Å². The quantitative estimate of drug-likeness (QED) is 0.147. The number of benzene rings is 1. The smallest absolute Gasteiger partial charge is 0.380 e. The van der Waals surface area contributed by atoms with Gasteiger partial charge in [0.25, 0.3) is 5.56 Å². The van der Waals surface area contributed by atoms with E-state index in [1.807, 2.05) is 5.92 Å². The molecule has 0 saturated carbocycles. The molecule has 16 heteroatoms. The first-order chi connectivity index (χ1) is 21.0. The number of aromatic amines is 1. The van der Waals surface area contributed by atoms with Crippen molar-refractivity contribution in [3.05, 3.63) is 52.7 Å². The Balaban J connectivity index is 1.75. The van der Waals surface area contributed by atoms with Crippen LogP contribution in [0.2, 0.25) is 0 Å². The van der Waals surface area contributed by atoms with Gasteiger partial charge in [0.2, 0.25) is 5.95 Å². The highest BCUT2D eigenvalue weighted by molar-refractivity contribution is 7.54.